The second-order valence-electron chi connectivity index (χ2n) is 4.59. The van der Waals surface area contributed by atoms with Crippen LogP contribution >= 0.6 is 0 Å². The molecule has 21 heavy (non-hydrogen) atoms. The van der Waals surface area contributed by atoms with E-state index in [1.165, 1.54) is 6.33 Å². The summed E-state index contributed by atoms with van der Waals surface area (Å²) in [6.45, 7) is 0. The molecule has 2 heterocycles. The Morgan fingerprint density at radius 2 is 1.71 bits per heavy atom. The molecule has 0 bridgehead atoms. The van der Waals surface area contributed by atoms with E-state index in [1.54, 1.807) is 24.2 Å². The van der Waals surface area contributed by atoms with Gasteiger partial charge in [-0.3, -0.25) is 4.68 Å². The number of methoxy groups -OCH3 is 1. The lowest BCUT2D eigenvalue weighted by Crippen LogP contribution is -1.98. The molecule has 6 nitrogen and oxygen atoms in total. The first kappa shape index (κ1) is 13.1. The molecule has 106 valence electrons. The normalized spacial score (nSPS) is 10.6. The summed E-state index contributed by atoms with van der Waals surface area (Å²) in [6.07, 6.45) is 4.94. The number of nitrogen functional groups attached to an aromatic ring is 1. The van der Waals surface area contributed by atoms with Crippen molar-refractivity contribution in [1.82, 2.24) is 19.7 Å². The topological polar surface area (TPSA) is 78.9 Å². The van der Waals surface area contributed by atoms with Crippen LogP contribution in [0, 0.1) is 0 Å². The SMILES string of the molecule is COc1ccc(-c2c(-c3cncnc3)nn(C)c2N)cc1. The highest BCUT2D eigenvalue weighted by atomic mass is 16.5. The molecule has 0 saturated heterocycles. The van der Waals surface area contributed by atoms with E-state index >= 15 is 0 Å². The highest BCUT2D eigenvalue weighted by Crippen LogP contribution is 2.35. The van der Waals surface area contributed by atoms with Gasteiger partial charge in [0.1, 0.15) is 23.6 Å². The Kier molecular flexibility index (Phi) is 3.27. The van der Waals surface area contributed by atoms with Crippen molar-refractivity contribution >= 4 is 5.82 Å². The number of nitrogens with two attached hydrogens (primary N) is 1. The number of anilines is 1. The van der Waals surface area contributed by atoms with Gasteiger partial charge in [0, 0.05) is 25.0 Å². The zero-order chi connectivity index (χ0) is 14.8. The molecule has 0 fully saturated rings. The number of aromatic nitrogens is 4. The molecular formula is C15H15N5O. The molecule has 0 aliphatic carbocycles. The number of aryl methyl sites for hydroxylation is 1. The molecule has 1 aromatic carbocycles. The van der Waals surface area contributed by atoms with E-state index < -0.39 is 0 Å². The minimum Gasteiger partial charge on any atom is -0.497 e. The van der Waals surface area contributed by atoms with Crippen LogP contribution in [0.5, 0.6) is 5.75 Å². The van der Waals surface area contributed by atoms with Crippen molar-refractivity contribution in [3.8, 4) is 28.1 Å². The largest absolute Gasteiger partial charge is 0.497 e. The molecule has 2 aromatic heterocycles. The predicted octanol–water partition coefficient (Wildman–Crippen LogP) is 2.13. The molecule has 0 radical (unpaired) electrons. The minimum absolute atomic E-state index is 0.596. The van der Waals surface area contributed by atoms with Crippen LogP contribution < -0.4 is 10.5 Å². The lowest BCUT2D eigenvalue weighted by atomic mass is 10.0. The molecule has 0 aliphatic heterocycles. The molecular weight excluding hydrogens is 266 g/mol. The highest BCUT2D eigenvalue weighted by Gasteiger charge is 2.17. The third-order valence-electron chi connectivity index (χ3n) is 3.30. The standard InChI is InChI=1S/C15H15N5O/c1-20-15(16)13(10-3-5-12(21-2)6-4-10)14(19-20)11-7-17-9-18-8-11/h3-9H,16H2,1-2H3. The van der Waals surface area contributed by atoms with Crippen LogP contribution in [-0.2, 0) is 7.05 Å². The molecule has 3 aromatic rings. The van der Waals surface area contributed by atoms with Crippen molar-refractivity contribution in [1.29, 1.82) is 0 Å². The first-order chi connectivity index (χ1) is 10.2. The first-order valence-corrected chi connectivity index (χ1v) is 6.43. The first-order valence-electron chi connectivity index (χ1n) is 6.43. The highest BCUT2D eigenvalue weighted by molar-refractivity contribution is 5.87. The maximum atomic E-state index is 6.17. The summed E-state index contributed by atoms with van der Waals surface area (Å²) in [6, 6.07) is 7.71. The van der Waals surface area contributed by atoms with Crippen LogP contribution in [-0.4, -0.2) is 26.9 Å². The van der Waals surface area contributed by atoms with E-state index in [4.69, 9.17) is 10.5 Å². The van der Waals surface area contributed by atoms with Crippen LogP contribution in [0.15, 0.2) is 43.0 Å². The summed E-state index contributed by atoms with van der Waals surface area (Å²) >= 11 is 0. The maximum absolute atomic E-state index is 6.17. The summed E-state index contributed by atoms with van der Waals surface area (Å²) in [5, 5.41) is 4.48. The van der Waals surface area contributed by atoms with Gasteiger partial charge in [-0.2, -0.15) is 5.10 Å². The van der Waals surface area contributed by atoms with Crippen molar-refractivity contribution < 1.29 is 4.74 Å². The Bertz CT molecular complexity index is 750. The molecule has 2 N–H and O–H groups in total. The Balaban J connectivity index is 2.17. The fourth-order valence-electron chi connectivity index (χ4n) is 2.20. The number of nitrogens with zero attached hydrogens (tertiary/aromatic N) is 4. The fourth-order valence-corrected chi connectivity index (χ4v) is 2.20. The third-order valence-corrected chi connectivity index (χ3v) is 3.30. The molecule has 0 amide bonds. The quantitative estimate of drug-likeness (QED) is 0.795. The second kappa shape index (κ2) is 5.24. The van der Waals surface area contributed by atoms with Gasteiger partial charge in [-0.15, -0.1) is 0 Å². The van der Waals surface area contributed by atoms with Crippen molar-refractivity contribution in [2.45, 2.75) is 0 Å². The number of ether oxygens (including phenoxy) is 1. The summed E-state index contributed by atoms with van der Waals surface area (Å²) in [7, 11) is 3.45. The molecule has 3 rings (SSSR count). The smallest absolute Gasteiger partial charge is 0.129 e. The predicted molar refractivity (Wildman–Crippen MR) is 80.6 cm³/mol. The summed E-state index contributed by atoms with van der Waals surface area (Å²) in [4.78, 5) is 8.08. The van der Waals surface area contributed by atoms with Gasteiger partial charge in [-0.25, -0.2) is 9.97 Å². The second-order valence-corrected chi connectivity index (χ2v) is 4.59. The van der Waals surface area contributed by atoms with Gasteiger partial charge < -0.3 is 10.5 Å². The van der Waals surface area contributed by atoms with E-state index in [2.05, 4.69) is 15.1 Å². The van der Waals surface area contributed by atoms with Crippen molar-refractivity contribution in [2.24, 2.45) is 7.05 Å². The minimum atomic E-state index is 0.596. The van der Waals surface area contributed by atoms with Crippen molar-refractivity contribution in [3.05, 3.63) is 43.0 Å². The van der Waals surface area contributed by atoms with E-state index in [9.17, 15) is 0 Å². The maximum Gasteiger partial charge on any atom is 0.129 e. The van der Waals surface area contributed by atoms with Gasteiger partial charge >= 0.3 is 0 Å². The van der Waals surface area contributed by atoms with Gasteiger partial charge in [-0.05, 0) is 17.7 Å². The van der Waals surface area contributed by atoms with Crippen LogP contribution in [0.4, 0.5) is 5.82 Å². The van der Waals surface area contributed by atoms with Crippen LogP contribution in [0.2, 0.25) is 0 Å². The average molecular weight is 281 g/mol. The fraction of sp³-hybridized carbons (Fsp3) is 0.133. The lowest BCUT2D eigenvalue weighted by Gasteiger charge is -2.05. The van der Waals surface area contributed by atoms with Gasteiger partial charge in [0.2, 0.25) is 0 Å². The summed E-state index contributed by atoms with van der Waals surface area (Å²) < 4.78 is 6.84. The third kappa shape index (κ3) is 2.31. The van der Waals surface area contributed by atoms with Crippen molar-refractivity contribution in [2.75, 3.05) is 12.8 Å². The Morgan fingerprint density at radius 1 is 1.05 bits per heavy atom. The van der Waals surface area contributed by atoms with Crippen LogP contribution in [0.1, 0.15) is 0 Å². The number of hydrogen-bond acceptors (Lipinski definition) is 5. The zero-order valence-electron chi connectivity index (χ0n) is 11.8. The Hall–Kier alpha value is -2.89. The number of hydrogen-bond donors (Lipinski definition) is 1. The summed E-state index contributed by atoms with van der Waals surface area (Å²) in [5.41, 5.74) is 9.61. The molecule has 6 heteroatoms. The molecule has 0 unspecified atom stereocenters. The van der Waals surface area contributed by atoms with Gasteiger partial charge in [-0.1, -0.05) is 12.1 Å². The zero-order valence-corrected chi connectivity index (χ0v) is 11.8. The molecule has 0 spiro atoms. The molecule has 0 atom stereocenters. The monoisotopic (exact) mass is 281 g/mol. The van der Waals surface area contributed by atoms with Gasteiger partial charge in [0.05, 0.1) is 12.7 Å². The average Bonchev–Trinajstić information content (AvgIpc) is 2.84. The van der Waals surface area contributed by atoms with Crippen LogP contribution in [0.3, 0.4) is 0 Å². The number of benzene rings is 1. The van der Waals surface area contributed by atoms with Crippen LogP contribution in [0.25, 0.3) is 22.4 Å². The van der Waals surface area contributed by atoms with E-state index in [-0.39, 0.29) is 0 Å². The lowest BCUT2D eigenvalue weighted by molar-refractivity contribution is 0.415. The number of rotatable bonds is 3. The van der Waals surface area contributed by atoms with Gasteiger partial charge in [0.15, 0.2) is 0 Å². The van der Waals surface area contributed by atoms with Gasteiger partial charge in [0.25, 0.3) is 0 Å². The van der Waals surface area contributed by atoms with Crippen molar-refractivity contribution in [3.63, 3.8) is 0 Å². The van der Waals surface area contributed by atoms with E-state index in [0.29, 0.717) is 5.82 Å². The van der Waals surface area contributed by atoms with E-state index in [1.807, 2.05) is 31.3 Å². The Morgan fingerprint density at radius 3 is 2.33 bits per heavy atom. The Labute approximate surface area is 122 Å². The van der Waals surface area contributed by atoms with E-state index in [0.717, 1.165) is 28.1 Å². The molecule has 0 saturated carbocycles. The summed E-state index contributed by atoms with van der Waals surface area (Å²) in [5.74, 6) is 1.39. The molecule has 0 aliphatic rings.